The summed E-state index contributed by atoms with van der Waals surface area (Å²) in [5.41, 5.74) is 5.23. The monoisotopic (exact) mass is 153 g/mol. The molecule has 0 radical (unpaired) electrons. The Morgan fingerprint density at radius 1 is 1.60 bits per heavy atom. The molecule has 0 saturated heterocycles. The summed E-state index contributed by atoms with van der Waals surface area (Å²) in [6.07, 6.45) is 1.77. The summed E-state index contributed by atoms with van der Waals surface area (Å²) < 4.78 is 12.0. The van der Waals surface area contributed by atoms with Crippen molar-refractivity contribution in [2.75, 3.05) is 0 Å². The summed E-state index contributed by atoms with van der Waals surface area (Å²) in [6.45, 7) is 2.07. The minimum atomic E-state index is -1.85. The van der Waals surface area contributed by atoms with Gasteiger partial charge in [0.25, 0.3) is 0 Å². The maximum atomic E-state index is 12.0. The highest BCUT2D eigenvalue weighted by Crippen LogP contribution is 2.04. The van der Waals surface area contributed by atoms with Crippen molar-refractivity contribution in [2.45, 2.75) is 45.0 Å². The Hall–Kier alpha value is -0.150. The molecule has 0 aliphatic heterocycles. The van der Waals surface area contributed by atoms with Gasteiger partial charge < -0.3 is 10.8 Å². The first-order valence-electron chi connectivity index (χ1n) is 3.76. The smallest absolute Gasteiger partial charge is 0.211 e. The third kappa shape index (κ3) is 4.70. The van der Waals surface area contributed by atoms with Crippen molar-refractivity contribution in [3.63, 3.8) is 0 Å². The summed E-state index contributed by atoms with van der Waals surface area (Å²) in [5, 5.41) is 8.33. The molecule has 0 saturated carbocycles. The zero-order valence-corrected chi connectivity index (χ0v) is 6.39. The summed E-state index contributed by atoms with van der Waals surface area (Å²) in [6, 6.07) is -0.688. The lowest BCUT2D eigenvalue weighted by Crippen LogP contribution is -2.31. The number of unbranched alkanes of at least 4 members (excludes halogenated alkanes) is 2. The minimum Gasteiger partial charge on any atom is -0.363 e. The van der Waals surface area contributed by atoms with Crippen LogP contribution in [0.1, 0.15) is 35.5 Å². The van der Waals surface area contributed by atoms with E-state index in [9.17, 15) is 4.39 Å². The quantitative estimate of drug-likeness (QED) is 0.590. The highest BCUT2D eigenvalue weighted by atomic mass is 19.1. The topological polar surface area (TPSA) is 46.2 Å². The van der Waals surface area contributed by atoms with Gasteiger partial charge in [0.2, 0.25) is 6.36 Å². The molecule has 0 aromatic carbocycles. The zero-order valence-electron chi connectivity index (χ0n) is 6.39. The van der Waals surface area contributed by atoms with Crippen molar-refractivity contribution < 1.29 is 12.4 Å². The van der Waals surface area contributed by atoms with Gasteiger partial charge in [-0.1, -0.05) is 26.2 Å². The van der Waals surface area contributed by atoms with Crippen LogP contribution in [-0.2, 0) is 0 Å². The molecular weight excluding hydrogens is 133 g/mol. The maximum absolute atomic E-state index is 12.0. The molecule has 1 unspecified atom stereocenters. The number of halogens is 1. The Bertz CT molecular complexity index is 85.8. The molecule has 0 bridgehead atoms. The first kappa shape index (κ1) is 9.85. The van der Waals surface area contributed by atoms with E-state index in [1.54, 1.807) is 0 Å². The van der Waals surface area contributed by atoms with E-state index in [0.717, 1.165) is 19.3 Å². The number of alkyl halides is 1. The predicted octanol–water partition coefficient (Wildman–Crippen LogP) is 1.67. The molecule has 0 fully saturated rings. The summed E-state index contributed by atoms with van der Waals surface area (Å²) in [5.74, 6) is 0. The summed E-state index contributed by atoms with van der Waals surface area (Å²) in [7, 11) is 0. The standard InChI is InChI=1S/C7H16FNO.2H2/c1-2-3-4-5-6(9)7(8)10;;/h6-7,10H,2-5,9H2,1H3;2*1H/t6-,7?;;/m0../s1. The van der Waals surface area contributed by atoms with Crippen LogP contribution < -0.4 is 5.73 Å². The van der Waals surface area contributed by atoms with Crippen molar-refractivity contribution in [2.24, 2.45) is 5.73 Å². The number of aliphatic hydroxyl groups excluding tert-OH is 1. The van der Waals surface area contributed by atoms with E-state index in [1.807, 2.05) is 0 Å². The molecule has 0 spiro atoms. The molecule has 10 heavy (non-hydrogen) atoms. The van der Waals surface area contributed by atoms with Crippen molar-refractivity contribution in [1.29, 1.82) is 0 Å². The van der Waals surface area contributed by atoms with Gasteiger partial charge in [-0.05, 0) is 6.42 Å². The molecule has 0 amide bonds. The number of rotatable bonds is 5. The van der Waals surface area contributed by atoms with Gasteiger partial charge in [0, 0.05) is 2.85 Å². The molecule has 66 valence electrons. The van der Waals surface area contributed by atoms with Crippen LogP contribution >= 0.6 is 0 Å². The van der Waals surface area contributed by atoms with Crippen LogP contribution in [0.25, 0.3) is 0 Å². The van der Waals surface area contributed by atoms with E-state index < -0.39 is 12.4 Å². The molecule has 0 heterocycles. The third-order valence-electron chi connectivity index (χ3n) is 1.49. The van der Waals surface area contributed by atoms with E-state index in [0.29, 0.717) is 6.42 Å². The molecular formula is C7H20FNO. The second kappa shape index (κ2) is 5.62. The van der Waals surface area contributed by atoms with Gasteiger partial charge in [0.1, 0.15) is 0 Å². The molecule has 0 aliphatic rings. The molecule has 0 aromatic heterocycles. The van der Waals surface area contributed by atoms with Crippen molar-refractivity contribution >= 4 is 0 Å². The van der Waals surface area contributed by atoms with Crippen LogP contribution in [0, 0.1) is 0 Å². The van der Waals surface area contributed by atoms with Gasteiger partial charge in [-0.3, -0.25) is 0 Å². The fourth-order valence-corrected chi connectivity index (χ4v) is 0.768. The van der Waals surface area contributed by atoms with Gasteiger partial charge in [-0.25, -0.2) is 4.39 Å². The highest BCUT2D eigenvalue weighted by molar-refractivity contribution is 4.62. The molecule has 0 rings (SSSR count). The Labute approximate surface area is 64.2 Å². The van der Waals surface area contributed by atoms with Gasteiger partial charge in [0.15, 0.2) is 0 Å². The van der Waals surface area contributed by atoms with Crippen LogP contribution in [0.5, 0.6) is 0 Å². The van der Waals surface area contributed by atoms with Crippen LogP contribution in [0.4, 0.5) is 4.39 Å². The molecule has 2 nitrogen and oxygen atoms in total. The Morgan fingerprint density at radius 2 is 2.20 bits per heavy atom. The SMILES string of the molecule is CCCCC[C@H](N)C(O)F.[HH].[HH]. The third-order valence-corrected chi connectivity index (χ3v) is 1.49. The van der Waals surface area contributed by atoms with Crippen LogP contribution in [0.2, 0.25) is 0 Å². The van der Waals surface area contributed by atoms with E-state index in [1.165, 1.54) is 0 Å². The van der Waals surface area contributed by atoms with Gasteiger partial charge >= 0.3 is 0 Å². The van der Waals surface area contributed by atoms with Crippen LogP contribution in [0.3, 0.4) is 0 Å². The summed E-state index contributed by atoms with van der Waals surface area (Å²) >= 11 is 0. The molecule has 2 atom stereocenters. The van der Waals surface area contributed by atoms with Crippen molar-refractivity contribution in [3.8, 4) is 0 Å². The largest absolute Gasteiger partial charge is 0.363 e. The van der Waals surface area contributed by atoms with Crippen LogP contribution in [-0.4, -0.2) is 17.5 Å². The lowest BCUT2D eigenvalue weighted by molar-refractivity contribution is 0.0157. The molecule has 0 aliphatic carbocycles. The number of hydrogen-bond donors (Lipinski definition) is 2. The Kier molecular flexibility index (Phi) is 5.54. The lowest BCUT2D eigenvalue weighted by atomic mass is 10.1. The first-order chi connectivity index (χ1) is 4.68. The van der Waals surface area contributed by atoms with E-state index in [-0.39, 0.29) is 2.85 Å². The second-order valence-electron chi connectivity index (χ2n) is 2.53. The minimum absolute atomic E-state index is 0. The van der Waals surface area contributed by atoms with Gasteiger partial charge in [0.05, 0.1) is 6.04 Å². The lowest BCUT2D eigenvalue weighted by Gasteiger charge is -2.10. The summed E-state index contributed by atoms with van der Waals surface area (Å²) in [4.78, 5) is 0. The van der Waals surface area contributed by atoms with Crippen molar-refractivity contribution in [1.82, 2.24) is 0 Å². The first-order valence-corrected chi connectivity index (χ1v) is 3.76. The normalized spacial score (nSPS) is 16.8. The van der Waals surface area contributed by atoms with E-state index >= 15 is 0 Å². The maximum Gasteiger partial charge on any atom is 0.211 e. The Morgan fingerprint density at radius 3 is 2.60 bits per heavy atom. The molecule has 0 aromatic rings. The average molecular weight is 153 g/mol. The molecule has 3 heteroatoms. The predicted molar refractivity (Wildman–Crippen MR) is 43.5 cm³/mol. The van der Waals surface area contributed by atoms with Gasteiger partial charge in [-0.15, -0.1) is 0 Å². The van der Waals surface area contributed by atoms with Crippen LogP contribution in [0.15, 0.2) is 0 Å². The number of nitrogens with two attached hydrogens (primary N) is 1. The second-order valence-corrected chi connectivity index (χ2v) is 2.53. The number of hydrogen-bond acceptors (Lipinski definition) is 2. The van der Waals surface area contributed by atoms with Crippen molar-refractivity contribution in [3.05, 3.63) is 0 Å². The van der Waals surface area contributed by atoms with Gasteiger partial charge in [-0.2, -0.15) is 0 Å². The van der Waals surface area contributed by atoms with E-state index in [4.69, 9.17) is 10.8 Å². The molecule has 3 N–H and O–H groups in total. The average Bonchev–Trinajstić information content (AvgIpc) is 1.88. The highest BCUT2D eigenvalue weighted by Gasteiger charge is 2.11. The Balaban J connectivity index is -0.000000405. The van der Waals surface area contributed by atoms with E-state index in [2.05, 4.69) is 6.92 Å². The zero-order chi connectivity index (χ0) is 7.98. The number of aliphatic hydroxyl groups is 1. The fraction of sp³-hybridized carbons (Fsp3) is 1.00. The fourth-order valence-electron chi connectivity index (χ4n) is 0.768.